The van der Waals surface area contributed by atoms with Gasteiger partial charge < -0.3 is 4.74 Å². The molecule has 1 unspecified atom stereocenters. The summed E-state index contributed by atoms with van der Waals surface area (Å²) in [4.78, 5) is 11.7. The van der Waals surface area contributed by atoms with Gasteiger partial charge in [-0.2, -0.15) is 0 Å². The molecule has 1 heterocycles. The Bertz CT molecular complexity index is 336. The van der Waals surface area contributed by atoms with E-state index in [4.69, 9.17) is 4.74 Å². The summed E-state index contributed by atoms with van der Waals surface area (Å²) in [5.41, 5.74) is 0.632. The van der Waals surface area contributed by atoms with Crippen molar-refractivity contribution in [1.82, 2.24) is 0 Å². The first-order valence-electron chi connectivity index (χ1n) is 5.55. The minimum absolute atomic E-state index is 0.225. The van der Waals surface area contributed by atoms with Crippen molar-refractivity contribution in [2.75, 3.05) is 6.61 Å². The number of rotatable bonds is 6. The third-order valence-corrected chi connectivity index (χ3v) is 4.07. The van der Waals surface area contributed by atoms with Crippen LogP contribution in [0.2, 0.25) is 0 Å². The fraction of sp³-hybridized carbons (Fsp3) is 0.583. The van der Waals surface area contributed by atoms with Crippen LogP contribution < -0.4 is 0 Å². The number of hydrogen-bond donors (Lipinski definition) is 0. The van der Waals surface area contributed by atoms with Gasteiger partial charge in [-0.25, -0.2) is 4.79 Å². The molecule has 1 atom stereocenters. The van der Waals surface area contributed by atoms with Crippen LogP contribution in [0.3, 0.4) is 0 Å². The summed E-state index contributed by atoms with van der Waals surface area (Å²) < 4.78 is 6.11. The van der Waals surface area contributed by atoms with E-state index in [-0.39, 0.29) is 5.97 Å². The van der Waals surface area contributed by atoms with Crippen LogP contribution in [0.4, 0.5) is 0 Å². The number of carbonyl (C=O) groups excluding carboxylic acids is 1. The van der Waals surface area contributed by atoms with Crippen molar-refractivity contribution in [3.8, 4) is 0 Å². The fourth-order valence-electron chi connectivity index (χ4n) is 1.37. The highest BCUT2D eigenvalue weighted by Gasteiger charge is 2.13. The molecule has 0 aromatic carbocycles. The van der Waals surface area contributed by atoms with Gasteiger partial charge in [-0.3, -0.25) is 0 Å². The van der Waals surface area contributed by atoms with Crippen LogP contribution in [0.25, 0.3) is 0 Å². The molecule has 0 N–H and O–H groups in total. The van der Waals surface area contributed by atoms with E-state index in [2.05, 4.69) is 29.8 Å². The van der Waals surface area contributed by atoms with Gasteiger partial charge >= 0.3 is 5.97 Å². The number of hydrogen-bond acceptors (Lipinski definition) is 3. The molecule has 0 aliphatic rings. The maximum absolute atomic E-state index is 11.7. The van der Waals surface area contributed by atoms with Crippen LogP contribution in [0.1, 0.15) is 43.5 Å². The van der Waals surface area contributed by atoms with Gasteiger partial charge in [0.25, 0.3) is 0 Å². The number of halogens is 1. The zero-order valence-corrected chi connectivity index (χ0v) is 12.1. The zero-order chi connectivity index (χ0) is 12.0. The lowest BCUT2D eigenvalue weighted by molar-refractivity contribution is 0.0442. The number of unbranched alkanes of at least 4 members (excludes halogenated alkanes) is 1. The largest absolute Gasteiger partial charge is 0.462 e. The van der Waals surface area contributed by atoms with Crippen LogP contribution in [0.15, 0.2) is 15.2 Å². The summed E-state index contributed by atoms with van der Waals surface area (Å²) in [7, 11) is 0. The maximum Gasteiger partial charge on any atom is 0.340 e. The van der Waals surface area contributed by atoms with Crippen LogP contribution in [0.5, 0.6) is 0 Å². The van der Waals surface area contributed by atoms with Gasteiger partial charge in [0.2, 0.25) is 0 Å². The van der Waals surface area contributed by atoms with Gasteiger partial charge in [0.1, 0.15) is 0 Å². The topological polar surface area (TPSA) is 26.3 Å². The van der Waals surface area contributed by atoms with Crippen molar-refractivity contribution in [2.24, 2.45) is 5.92 Å². The molecule has 0 aliphatic carbocycles. The SMILES string of the molecule is CCCCC(C)COC(=O)c1ccsc1Br. The predicted molar refractivity (Wildman–Crippen MR) is 71.0 cm³/mol. The van der Waals surface area contributed by atoms with Crippen molar-refractivity contribution in [2.45, 2.75) is 33.1 Å². The number of carbonyl (C=O) groups is 1. The molecule has 1 rings (SSSR count). The third-order valence-electron chi connectivity index (χ3n) is 2.39. The summed E-state index contributed by atoms with van der Waals surface area (Å²) >= 11 is 4.83. The number of thiophene rings is 1. The summed E-state index contributed by atoms with van der Waals surface area (Å²) in [6.07, 6.45) is 3.50. The Morgan fingerprint density at radius 2 is 2.38 bits per heavy atom. The molecule has 1 aromatic heterocycles. The van der Waals surface area contributed by atoms with Gasteiger partial charge in [-0.1, -0.05) is 26.7 Å². The fourth-order valence-corrected chi connectivity index (χ4v) is 2.59. The van der Waals surface area contributed by atoms with Gasteiger partial charge in [-0.15, -0.1) is 11.3 Å². The molecule has 0 bridgehead atoms. The van der Waals surface area contributed by atoms with Gasteiger partial charge in [0.15, 0.2) is 0 Å². The summed E-state index contributed by atoms with van der Waals surface area (Å²) in [5.74, 6) is 0.220. The molecule has 0 saturated carbocycles. The summed E-state index contributed by atoms with van der Waals surface area (Å²) in [5, 5.41) is 1.88. The van der Waals surface area contributed by atoms with E-state index in [1.165, 1.54) is 24.2 Å². The van der Waals surface area contributed by atoms with Crippen LogP contribution in [-0.4, -0.2) is 12.6 Å². The standard InChI is InChI=1S/C12H17BrO2S/c1-3-4-5-9(2)8-15-12(14)10-6-7-16-11(10)13/h6-7,9H,3-5,8H2,1-2H3. The molecule has 0 fully saturated rings. The smallest absolute Gasteiger partial charge is 0.340 e. The molecule has 2 nitrogen and oxygen atoms in total. The molecule has 0 amide bonds. The van der Waals surface area contributed by atoms with E-state index in [0.717, 1.165) is 10.2 Å². The first kappa shape index (κ1) is 13.7. The van der Waals surface area contributed by atoms with E-state index in [1.807, 2.05) is 5.38 Å². The molecule has 16 heavy (non-hydrogen) atoms. The lowest BCUT2D eigenvalue weighted by atomic mass is 10.1. The van der Waals surface area contributed by atoms with Crippen molar-refractivity contribution >= 4 is 33.2 Å². The predicted octanol–water partition coefficient (Wildman–Crippen LogP) is 4.49. The first-order chi connectivity index (χ1) is 7.65. The molecule has 0 radical (unpaired) electrons. The molecule has 0 spiro atoms. The highest BCUT2D eigenvalue weighted by atomic mass is 79.9. The average molecular weight is 305 g/mol. The van der Waals surface area contributed by atoms with E-state index in [1.54, 1.807) is 6.07 Å². The Balaban J connectivity index is 2.33. The average Bonchev–Trinajstić information content (AvgIpc) is 2.69. The van der Waals surface area contributed by atoms with Crippen molar-refractivity contribution in [3.63, 3.8) is 0 Å². The molecule has 0 saturated heterocycles. The van der Waals surface area contributed by atoms with Crippen molar-refractivity contribution in [1.29, 1.82) is 0 Å². The van der Waals surface area contributed by atoms with E-state index in [0.29, 0.717) is 18.1 Å². The summed E-state index contributed by atoms with van der Waals surface area (Å²) in [6.45, 7) is 4.80. The Morgan fingerprint density at radius 3 is 2.94 bits per heavy atom. The zero-order valence-electron chi connectivity index (χ0n) is 9.66. The maximum atomic E-state index is 11.7. The number of ether oxygens (including phenoxy) is 1. The monoisotopic (exact) mass is 304 g/mol. The lowest BCUT2D eigenvalue weighted by Gasteiger charge is -2.11. The second-order valence-electron chi connectivity index (χ2n) is 3.95. The number of esters is 1. The van der Waals surface area contributed by atoms with Gasteiger partial charge in [0, 0.05) is 0 Å². The molecular weight excluding hydrogens is 288 g/mol. The Morgan fingerprint density at radius 1 is 1.62 bits per heavy atom. The van der Waals surface area contributed by atoms with Crippen molar-refractivity contribution in [3.05, 3.63) is 20.8 Å². The highest BCUT2D eigenvalue weighted by Crippen LogP contribution is 2.24. The lowest BCUT2D eigenvalue weighted by Crippen LogP contribution is -2.11. The normalized spacial score (nSPS) is 12.4. The quantitative estimate of drug-likeness (QED) is 0.724. The molecule has 4 heteroatoms. The molecule has 0 aliphatic heterocycles. The second-order valence-corrected chi connectivity index (χ2v) is 6.19. The minimum Gasteiger partial charge on any atom is -0.462 e. The highest BCUT2D eigenvalue weighted by molar-refractivity contribution is 9.11. The molecule has 1 aromatic rings. The second kappa shape index (κ2) is 7.07. The third kappa shape index (κ3) is 4.26. The van der Waals surface area contributed by atoms with Gasteiger partial charge in [0.05, 0.1) is 16.0 Å². The Kier molecular flexibility index (Phi) is 6.06. The minimum atomic E-state index is -0.225. The molecular formula is C12H17BrO2S. The van der Waals surface area contributed by atoms with E-state index in [9.17, 15) is 4.79 Å². The van der Waals surface area contributed by atoms with E-state index < -0.39 is 0 Å². The van der Waals surface area contributed by atoms with Crippen LogP contribution in [-0.2, 0) is 4.74 Å². The van der Waals surface area contributed by atoms with Crippen molar-refractivity contribution < 1.29 is 9.53 Å². The Labute approximate surface area is 109 Å². The van der Waals surface area contributed by atoms with E-state index >= 15 is 0 Å². The first-order valence-corrected chi connectivity index (χ1v) is 7.22. The Hall–Kier alpha value is -0.350. The van der Waals surface area contributed by atoms with Crippen LogP contribution in [0, 0.1) is 5.92 Å². The van der Waals surface area contributed by atoms with Gasteiger partial charge in [-0.05, 0) is 39.7 Å². The summed E-state index contributed by atoms with van der Waals surface area (Å²) in [6, 6.07) is 1.79. The molecule has 90 valence electrons. The van der Waals surface area contributed by atoms with Crippen LogP contribution >= 0.6 is 27.3 Å².